The molecule has 0 bridgehead atoms. The lowest BCUT2D eigenvalue weighted by molar-refractivity contribution is -0.154. The normalized spacial score (nSPS) is 18.4. The number of carbonyl (C=O) groups is 1. The van der Waals surface area contributed by atoms with Gasteiger partial charge in [0.25, 0.3) is 0 Å². The summed E-state index contributed by atoms with van der Waals surface area (Å²) in [4.78, 5) is 12.2. The largest absolute Gasteiger partial charge is 0.457 e. The van der Waals surface area contributed by atoms with Gasteiger partial charge < -0.3 is 13.8 Å². The monoisotopic (exact) mass is 376 g/mol. The molecule has 0 spiro atoms. The number of halogens is 2. The highest BCUT2D eigenvalue weighted by Crippen LogP contribution is 2.66. The van der Waals surface area contributed by atoms with Crippen LogP contribution in [0.4, 0.5) is 0 Å². The van der Waals surface area contributed by atoms with E-state index in [1.165, 1.54) is 0 Å². The summed E-state index contributed by atoms with van der Waals surface area (Å²) in [6.45, 7) is 12.1. The topological polar surface area (TPSA) is 61.8 Å². The average Bonchev–Trinajstić information content (AvgIpc) is 2.35. The molecule has 0 aromatic rings. The highest BCUT2D eigenvalue weighted by atomic mass is 35.5. The van der Waals surface area contributed by atoms with Gasteiger partial charge >= 0.3 is 17.6 Å². The van der Waals surface area contributed by atoms with E-state index in [0.29, 0.717) is 12.8 Å². The van der Waals surface area contributed by atoms with Crippen molar-refractivity contribution < 1.29 is 23.1 Å². The van der Waals surface area contributed by atoms with E-state index in [1.54, 1.807) is 34.6 Å². The van der Waals surface area contributed by atoms with Gasteiger partial charge in [0.1, 0.15) is 5.60 Å². The fourth-order valence-electron chi connectivity index (χ4n) is 1.23. The van der Waals surface area contributed by atoms with Gasteiger partial charge in [0.15, 0.2) is 0 Å². The van der Waals surface area contributed by atoms with E-state index in [0.717, 1.165) is 0 Å². The second-order valence-corrected chi connectivity index (χ2v) is 10.1. The van der Waals surface area contributed by atoms with Gasteiger partial charge in [-0.3, -0.25) is 4.57 Å². The van der Waals surface area contributed by atoms with E-state index < -0.39 is 35.4 Å². The van der Waals surface area contributed by atoms with E-state index >= 15 is 0 Å². The van der Waals surface area contributed by atoms with Gasteiger partial charge in [-0.15, -0.1) is 0 Å². The first-order chi connectivity index (χ1) is 9.79. The van der Waals surface area contributed by atoms with E-state index in [4.69, 9.17) is 37.0 Å². The zero-order chi connectivity index (χ0) is 17.8. The van der Waals surface area contributed by atoms with Crippen LogP contribution in [0.15, 0.2) is 0 Å². The third-order valence-corrected chi connectivity index (χ3v) is 6.47. The third kappa shape index (κ3) is 6.37. The molecule has 0 rings (SSSR count). The van der Waals surface area contributed by atoms with E-state index in [9.17, 15) is 9.36 Å². The minimum Gasteiger partial charge on any atom is -0.457 e. The second kappa shape index (κ2) is 8.34. The van der Waals surface area contributed by atoms with Crippen LogP contribution in [0.3, 0.4) is 0 Å². The predicted octanol–water partition coefficient (Wildman–Crippen LogP) is 5.28. The van der Waals surface area contributed by atoms with E-state index in [2.05, 4.69) is 0 Å². The van der Waals surface area contributed by atoms with Crippen LogP contribution in [0.1, 0.15) is 61.3 Å². The molecule has 5 nitrogen and oxygen atoms in total. The summed E-state index contributed by atoms with van der Waals surface area (Å²) in [6, 6.07) is 0. The van der Waals surface area contributed by atoms with Gasteiger partial charge in [-0.1, -0.05) is 37.0 Å². The highest BCUT2D eigenvalue weighted by Gasteiger charge is 2.58. The molecule has 0 amide bonds. The van der Waals surface area contributed by atoms with E-state index in [-0.39, 0.29) is 0 Å². The molecule has 0 aliphatic rings. The summed E-state index contributed by atoms with van der Waals surface area (Å²) in [5.41, 5.74) is -0.830. The summed E-state index contributed by atoms with van der Waals surface area (Å²) in [5, 5.41) is 0. The molecule has 0 aromatic heterocycles. The van der Waals surface area contributed by atoms with Crippen molar-refractivity contribution in [3.05, 3.63) is 0 Å². The van der Waals surface area contributed by atoms with Crippen molar-refractivity contribution in [2.45, 2.75) is 83.2 Å². The number of rotatable bonds is 8. The lowest BCUT2D eigenvalue weighted by Gasteiger charge is -2.33. The van der Waals surface area contributed by atoms with Crippen LogP contribution >= 0.6 is 30.8 Å². The molecule has 0 aliphatic carbocycles. The maximum atomic E-state index is 13.1. The van der Waals surface area contributed by atoms with Gasteiger partial charge in [0, 0.05) is 0 Å². The Kier molecular flexibility index (Phi) is 8.42. The molecule has 2 unspecified atom stereocenters. The van der Waals surface area contributed by atoms with Gasteiger partial charge in [-0.2, -0.15) is 0 Å². The molecular formula is C14H27Cl2O5P. The first-order valence-corrected chi connectivity index (χ1v) is 9.67. The predicted molar refractivity (Wildman–Crippen MR) is 89.6 cm³/mol. The van der Waals surface area contributed by atoms with Crippen LogP contribution in [0.5, 0.6) is 0 Å². The first-order valence-electron chi connectivity index (χ1n) is 7.37. The van der Waals surface area contributed by atoms with Crippen molar-refractivity contribution in [3.63, 3.8) is 0 Å². The van der Waals surface area contributed by atoms with Gasteiger partial charge in [-0.25, -0.2) is 4.79 Å². The van der Waals surface area contributed by atoms with Gasteiger partial charge in [0.05, 0.1) is 12.2 Å². The Morgan fingerprint density at radius 2 is 1.41 bits per heavy atom. The minimum atomic E-state index is -4.15. The van der Waals surface area contributed by atoms with Crippen LogP contribution in [0, 0.1) is 0 Å². The zero-order valence-corrected chi connectivity index (χ0v) is 16.7. The zero-order valence-electron chi connectivity index (χ0n) is 14.3. The standard InChI is InChI=1S/C14H27Cl2O5P/c1-8-10(3)20-22(18,21-11(4)9-2)14(15,16)12(17)19-13(5,6)7/h10-11H,8-9H2,1-7H3. The second-order valence-electron chi connectivity index (χ2n) is 6.19. The minimum absolute atomic E-state index is 0.436. The molecule has 0 heterocycles. The molecule has 0 fully saturated rings. The highest BCUT2D eigenvalue weighted by molar-refractivity contribution is 7.61. The van der Waals surface area contributed by atoms with Crippen molar-refractivity contribution in [1.82, 2.24) is 0 Å². The molecule has 0 saturated heterocycles. The number of carbonyl (C=O) groups excluding carboxylic acids is 1. The van der Waals surface area contributed by atoms with Crippen LogP contribution < -0.4 is 0 Å². The number of hydrogen-bond donors (Lipinski definition) is 0. The molecule has 8 heteroatoms. The fraction of sp³-hybridized carbons (Fsp3) is 0.929. The molecule has 22 heavy (non-hydrogen) atoms. The quantitative estimate of drug-likeness (QED) is 0.327. The van der Waals surface area contributed by atoms with Crippen LogP contribution in [0.2, 0.25) is 0 Å². The Hall–Kier alpha value is 0.200. The van der Waals surface area contributed by atoms with Crippen molar-refractivity contribution >= 4 is 36.8 Å². The Labute approximate surface area is 143 Å². The summed E-state index contributed by atoms with van der Waals surface area (Å²) in [5.74, 6) is -1.04. The lowest BCUT2D eigenvalue weighted by atomic mass is 10.2. The smallest absolute Gasteiger partial charge is 0.378 e. The Balaban J connectivity index is 5.54. The average molecular weight is 377 g/mol. The molecule has 0 N–H and O–H groups in total. The third-order valence-electron chi connectivity index (χ3n) is 2.78. The SMILES string of the molecule is CCC(C)OP(=O)(OC(C)CC)C(Cl)(Cl)C(=O)OC(C)(C)C. The summed E-state index contributed by atoms with van der Waals surface area (Å²) >= 11 is 12.2. The molecule has 0 radical (unpaired) electrons. The maximum Gasteiger partial charge on any atom is 0.378 e. The van der Waals surface area contributed by atoms with Crippen molar-refractivity contribution in [1.29, 1.82) is 0 Å². The van der Waals surface area contributed by atoms with Crippen LogP contribution in [-0.4, -0.2) is 27.9 Å². The number of alkyl halides is 2. The molecule has 0 aromatic carbocycles. The van der Waals surface area contributed by atoms with Gasteiger partial charge in [0.2, 0.25) is 0 Å². The summed E-state index contributed by atoms with van der Waals surface area (Å²) in [7, 11) is -4.15. The number of ether oxygens (including phenoxy) is 1. The first kappa shape index (κ1) is 22.2. The van der Waals surface area contributed by atoms with Gasteiger partial charge in [-0.05, 0) is 47.5 Å². The summed E-state index contributed by atoms with van der Waals surface area (Å²) in [6.07, 6.45) is 0.251. The van der Waals surface area contributed by atoms with Crippen LogP contribution in [-0.2, 0) is 23.1 Å². The van der Waals surface area contributed by atoms with Crippen LogP contribution in [0.25, 0.3) is 0 Å². The Morgan fingerprint density at radius 3 is 1.68 bits per heavy atom. The Morgan fingerprint density at radius 1 is 1.05 bits per heavy atom. The lowest BCUT2D eigenvalue weighted by Crippen LogP contribution is -2.37. The molecular weight excluding hydrogens is 350 g/mol. The van der Waals surface area contributed by atoms with Crippen molar-refractivity contribution in [3.8, 4) is 0 Å². The molecule has 132 valence electrons. The molecule has 0 saturated carbocycles. The Bertz CT molecular complexity index is 404. The van der Waals surface area contributed by atoms with E-state index in [1.807, 2.05) is 13.8 Å². The molecule has 2 atom stereocenters. The fourth-order valence-corrected chi connectivity index (χ4v) is 3.62. The number of hydrogen-bond acceptors (Lipinski definition) is 5. The molecule has 0 aliphatic heterocycles. The number of esters is 1. The summed E-state index contributed by atoms with van der Waals surface area (Å²) < 4.78 is 26.7. The van der Waals surface area contributed by atoms with Crippen molar-refractivity contribution in [2.24, 2.45) is 0 Å². The maximum absolute atomic E-state index is 13.1. The van der Waals surface area contributed by atoms with Crippen molar-refractivity contribution in [2.75, 3.05) is 0 Å².